The van der Waals surface area contributed by atoms with Crippen molar-refractivity contribution < 1.29 is 14.5 Å². The zero-order valence-corrected chi connectivity index (χ0v) is 12.2. The van der Waals surface area contributed by atoms with Crippen molar-refractivity contribution in [2.75, 3.05) is 6.61 Å². The van der Waals surface area contributed by atoms with Crippen LogP contribution in [0.1, 0.15) is 17.3 Å². The van der Waals surface area contributed by atoms with Gasteiger partial charge in [0.2, 0.25) is 0 Å². The van der Waals surface area contributed by atoms with Crippen LogP contribution < -0.4 is 0 Å². The third-order valence-electron chi connectivity index (χ3n) is 3.26. The van der Waals surface area contributed by atoms with E-state index in [9.17, 15) is 14.9 Å². The quantitative estimate of drug-likeness (QED) is 0.417. The third-order valence-corrected chi connectivity index (χ3v) is 3.26. The lowest BCUT2D eigenvalue weighted by Gasteiger charge is -2.06. The number of carbonyl (C=O) groups is 1. The Bertz CT molecular complexity index is 903. The van der Waals surface area contributed by atoms with Crippen molar-refractivity contribution in [3.05, 3.63) is 58.1 Å². The van der Waals surface area contributed by atoms with E-state index in [1.807, 2.05) is 0 Å². The van der Waals surface area contributed by atoms with Crippen molar-refractivity contribution in [1.29, 1.82) is 0 Å². The minimum absolute atomic E-state index is 0.117. The number of rotatable bonds is 4. The minimum Gasteiger partial charge on any atom is -0.462 e. The monoisotopic (exact) mass is 312 g/mol. The molecule has 0 spiro atoms. The van der Waals surface area contributed by atoms with Crippen LogP contribution in [0.2, 0.25) is 0 Å². The van der Waals surface area contributed by atoms with E-state index in [1.165, 1.54) is 22.9 Å². The molecule has 0 bridgehead atoms. The van der Waals surface area contributed by atoms with Gasteiger partial charge >= 0.3 is 5.97 Å². The van der Waals surface area contributed by atoms with Gasteiger partial charge in [0.05, 0.1) is 22.6 Å². The molecule has 0 fully saturated rings. The van der Waals surface area contributed by atoms with E-state index in [1.54, 1.807) is 31.2 Å². The Hall–Kier alpha value is -3.29. The van der Waals surface area contributed by atoms with Gasteiger partial charge in [0.1, 0.15) is 11.2 Å². The molecule has 1 aromatic heterocycles. The molecule has 1 heterocycles. The molecule has 0 aliphatic heterocycles. The number of para-hydroxylation sites is 1. The molecule has 0 atom stereocenters. The lowest BCUT2D eigenvalue weighted by atomic mass is 10.1. The first-order valence-corrected chi connectivity index (χ1v) is 6.88. The Balaban J connectivity index is 2.16. The summed E-state index contributed by atoms with van der Waals surface area (Å²) in [5, 5.41) is 19.3. The summed E-state index contributed by atoms with van der Waals surface area (Å²) in [6, 6.07) is 11.2. The van der Waals surface area contributed by atoms with Crippen LogP contribution in [0.25, 0.3) is 16.7 Å². The number of benzene rings is 2. The van der Waals surface area contributed by atoms with E-state index in [2.05, 4.69) is 10.3 Å². The fourth-order valence-electron chi connectivity index (χ4n) is 2.24. The van der Waals surface area contributed by atoms with Gasteiger partial charge in [-0.2, -0.15) is 0 Å². The van der Waals surface area contributed by atoms with Gasteiger partial charge in [-0.25, -0.2) is 9.48 Å². The van der Waals surface area contributed by atoms with Crippen LogP contribution in [0.3, 0.4) is 0 Å². The second-order valence-electron chi connectivity index (χ2n) is 4.67. The average molecular weight is 312 g/mol. The molecule has 2 aromatic carbocycles. The molecular weight excluding hydrogens is 300 g/mol. The number of hydrogen-bond acceptors (Lipinski definition) is 6. The van der Waals surface area contributed by atoms with Crippen LogP contribution in [0.4, 0.5) is 5.69 Å². The lowest BCUT2D eigenvalue weighted by molar-refractivity contribution is -0.384. The summed E-state index contributed by atoms with van der Waals surface area (Å²) < 4.78 is 6.24. The number of fused-ring (bicyclic) bond motifs is 1. The van der Waals surface area contributed by atoms with E-state index in [4.69, 9.17) is 4.74 Å². The molecule has 0 saturated carbocycles. The highest BCUT2D eigenvalue weighted by atomic mass is 16.6. The van der Waals surface area contributed by atoms with Gasteiger partial charge in [0.25, 0.3) is 5.69 Å². The summed E-state index contributed by atoms with van der Waals surface area (Å²) in [5.74, 6) is -0.606. The summed E-state index contributed by atoms with van der Waals surface area (Å²) in [5.41, 5.74) is 1.37. The van der Waals surface area contributed by atoms with Gasteiger partial charge in [0.15, 0.2) is 0 Å². The molecule has 0 aliphatic carbocycles. The van der Waals surface area contributed by atoms with Crippen LogP contribution >= 0.6 is 0 Å². The van der Waals surface area contributed by atoms with Crippen molar-refractivity contribution in [3.8, 4) is 5.69 Å². The highest BCUT2D eigenvalue weighted by Gasteiger charge is 2.21. The predicted molar refractivity (Wildman–Crippen MR) is 81.5 cm³/mol. The van der Waals surface area contributed by atoms with Crippen LogP contribution in [0.5, 0.6) is 0 Å². The molecule has 3 aromatic rings. The number of ether oxygens (including phenoxy) is 1. The SMILES string of the molecule is CCOC(=O)c1ccc(-n2nnc3ccccc32)c([N+](=O)[O-])c1. The van der Waals surface area contributed by atoms with E-state index in [0.29, 0.717) is 11.0 Å². The Kier molecular flexibility index (Phi) is 3.71. The predicted octanol–water partition coefficient (Wildman–Crippen LogP) is 2.51. The topological polar surface area (TPSA) is 100 Å². The molecule has 0 radical (unpaired) electrons. The molecule has 3 rings (SSSR count). The lowest BCUT2D eigenvalue weighted by Crippen LogP contribution is -2.08. The summed E-state index contributed by atoms with van der Waals surface area (Å²) in [6.07, 6.45) is 0. The van der Waals surface area contributed by atoms with E-state index in [0.717, 1.165) is 0 Å². The second-order valence-corrected chi connectivity index (χ2v) is 4.67. The number of nitro groups is 1. The number of nitro benzene ring substituents is 1. The summed E-state index contributed by atoms with van der Waals surface area (Å²) in [7, 11) is 0. The van der Waals surface area contributed by atoms with Crippen molar-refractivity contribution in [3.63, 3.8) is 0 Å². The molecular formula is C15H12N4O4. The van der Waals surface area contributed by atoms with Crippen LogP contribution in [-0.2, 0) is 4.74 Å². The minimum atomic E-state index is -0.606. The maximum atomic E-state index is 11.8. The smallest absolute Gasteiger partial charge is 0.338 e. The fraction of sp³-hybridized carbons (Fsp3) is 0.133. The van der Waals surface area contributed by atoms with E-state index < -0.39 is 10.9 Å². The summed E-state index contributed by atoms with van der Waals surface area (Å²) >= 11 is 0. The van der Waals surface area contributed by atoms with Gasteiger partial charge < -0.3 is 4.74 Å². The molecule has 116 valence electrons. The van der Waals surface area contributed by atoms with Crippen LogP contribution in [-0.4, -0.2) is 32.5 Å². The summed E-state index contributed by atoms with van der Waals surface area (Å²) in [6.45, 7) is 1.87. The highest BCUT2D eigenvalue weighted by molar-refractivity contribution is 5.91. The van der Waals surface area contributed by atoms with Gasteiger partial charge in [-0.05, 0) is 31.2 Å². The fourth-order valence-corrected chi connectivity index (χ4v) is 2.24. The largest absolute Gasteiger partial charge is 0.462 e. The average Bonchev–Trinajstić information content (AvgIpc) is 2.98. The molecule has 8 heteroatoms. The first-order chi connectivity index (χ1) is 11.1. The van der Waals surface area contributed by atoms with E-state index in [-0.39, 0.29) is 23.5 Å². The van der Waals surface area contributed by atoms with Crippen molar-refractivity contribution >= 4 is 22.7 Å². The molecule has 0 unspecified atom stereocenters. The van der Waals surface area contributed by atoms with Gasteiger partial charge in [-0.3, -0.25) is 10.1 Å². The number of carbonyl (C=O) groups excluding carboxylic acids is 1. The second kappa shape index (κ2) is 5.84. The summed E-state index contributed by atoms with van der Waals surface area (Å²) in [4.78, 5) is 22.6. The Morgan fingerprint density at radius 3 is 2.83 bits per heavy atom. The van der Waals surface area contributed by atoms with Gasteiger partial charge in [-0.1, -0.05) is 17.3 Å². The van der Waals surface area contributed by atoms with Crippen LogP contribution in [0, 0.1) is 10.1 Å². The zero-order chi connectivity index (χ0) is 16.4. The van der Waals surface area contributed by atoms with Crippen molar-refractivity contribution in [2.24, 2.45) is 0 Å². The first kappa shape index (κ1) is 14.6. The normalized spacial score (nSPS) is 10.7. The molecule has 23 heavy (non-hydrogen) atoms. The number of aromatic nitrogens is 3. The van der Waals surface area contributed by atoms with E-state index >= 15 is 0 Å². The first-order valence-electron chi connectivity index (χ1n) is 6.88. The van der Waals surface area contributed by atoms with Gasteiger partial charge in [-0.15, -0.1) is 5.10 Å². The number of hydrogen-bond donors (Lipinski definition) is 0. The molecule has 8 nitrogen and oxygen atoms in total. The molecule has 0 saturated heterocycles. The van der Waals surface area contributed by atoms with Crippen molar-refractivity contribution in [1.82, 2.24) is 15.0 Å². The zero-order valence-electron chi connectivity index (χ0n) is 12.2. The maximum absolute atomic E-state index is 11.8. The Morgan fingerprint density at radius 2 is 2.09 bits per heavy atom. The van der Waals surface area contributed by atoms with Crippen LogP contribution in [0.15, 0.2) is 42.5 Å². The Morgan fingerprint density at radius 1 is 1.30 bits per heavy atom. The van der Waals surface area contributed by atoms with Gasteiger partial charge in [0, 0.05) is 6.07 Å². The third kappa shape index (κ3) is 2.61. The van der Waals surface area contributed by atoms with Crippen molar-refractivity contribution in [2.45, 2.75) is 6.92 Å². The standard InChI is InChI=1S/C15H12N4O4/c1-2-23-15(20)10-7-8-13(14(9-10)19(21)22)18-12-6-4-3-5-11(12)16-17-18/h3-9H,2H2,1H3. The highest BCUT2D eigenvalue weighted by Crippen LogP contribution is 2.26. The molecule has 0 amide bonds. The number of nitrogens with zero attached hydrogens (tertiary/aromatic N) is 4. The molecule has 0 aliphatic rings. The molecule has 0 N–H and O–H groups in total. The number of esters is 1. The Labute approximate surface area is 130 Å². The maximum Gasteiger partial charge on any atom is 0.338 e.